The number of aromatic nitrogens is 3. The molecule has 0 aliphatic rings. The molecule has 0 bridgehead atoms. The van der Waals surface area contributed by atoms with E-state index in [0.29, 0.717) is 5.02 Å². The van der Waals surface area contributed by atoms with Gasteiger partial charge in [-0.2, -0.15) is 0 Å². The molecular weight excluding hydrogens is 316 g/mol. The maximum atomic E-state index is 6.02. The summed E-state index contributed by atoms with van der Waals surface area (Å²) in [7, 11) is 0. The molecular formula is C16H17ClN4S. The largest absolute Gasteiger partial charge is 0.337 e. The molecule has 2 aromatic heterocycles. The van der Waals surface area contributed by atoms with Crippen LogP contribution in [0.3, 0.4) is 0 Å². The van der Waals surface area contributed by atoms with Crippen LogP contribution in [0.2, 0.25) is 5.02 Å². The summed E-state index contributed by atoms with van der Waals surface area (Å²) in [6.45, 7) is 4.01. The molecule has 0 aliphatic heterocycles. The van der Waals surface area contributed by atoms with Gasteiger partial charge in [-0.3, -0.25) is 0 Å². The van der Waals surface area contributed by atoms with E-state index in [1.165, 1.54) is 5.69 Å². The molecule has 3 rings (SSSR count). The number of hydrogen-bond donors (Lipinski definition) is 0. The summed E-state index contributed by atoms with van der Waals surface area (Å²) < 4.78 is 4.35. The van der Waals surface area contributed by atoms with Gasteiger partial charge in [-0.15, -0.1) is 11.3 Å². The van der Waals surface area contributed by atoms with Gasteiger partial charge < -0.3 is 9.13 Å². The van der Waals surface area contributed by atoms with Crippen LogP contribution in [-0.4, -0.2) is 14.1 Å². The van der Waals surface area contributed by atoms with E-state index >= 15 is 0 Å². The van der Waals surface area contributed by atoms with Crippen molar-refractivity contribution in [3.05, 3.63) is 63.9 Å². The predicted molar refractivity (Wildman–Crippen MR) is 90.6 cm³/mol. The first kappa shape index (κ1) is 15.1. The average molecular weight is 333 g/mol. The van der Waals surface area contributed by atoms with Gasteiger partial charge in [-0.25, -0.2) is 9.98 Å². The first-order valence-electron chi connectivity index (χ1n) is 7.13. The van der Waals surface area contributed by atoms with Gasteiger partial charge in [-0.1, -0.05) is 17.7 Å². The van der Waals surface area contributed by atoms with Gasteiger partial charge in [0.2, 0.25) is 0 Å². The summed E-state index contributed by atoms with van der Waals surface area (Å²) >= 11 is 7.68. The second-order valence-electron chi connectivity index (χ2n) is 5.06. The Kier molecular flexibility index (Phi) is 4.75. The van der Waals surface area contributed by atoms with Crippen molar-refractivity contribution in [3.8, 4) is 0 Å². The third-order valence-electron chi connectivity index (χ3n) is 3.38. The van der Waals surface area contributed by atoms with E-state index < -0.39 is 0 Å². The first-order valence-corrected chi connectivity index (χ1v) is 8.39. The molecule has 0 fully saturated rings. The molecule has 1 aromatic carbocycles. The standard InChI is InChI=1S/C16H17ClN4S/c1-13-11-22-16(19-15-5-2-4-14(17)10-15)21(13)8-3-7-20-9-6-18-12-20/h2,4-6,9-12H,3,7-8H2,1H3. The number of halogens is 1. The molecule has 114 valence electrons. The van der Waals surface area contributed by atoms with Crippen LogP contribution in [0.5, 0.6) is 0 Å². The van der Waals surface area contributed by atoms with E-state index in [2.05, 4.69) is 26.4 Å². The van der Waals surface area contributed by atoms with Gasteiger partial charge in [-0.05, 0) is 31.5 Å². The summed E-state index contributed by atoms with van der Waals surface area (Å²) in [5.41, 5.74) is 2.12. The molecule has 3 aromatic rings. The van der Waals surface area contributed by atoms with Gasteiger partial charge in [0.25, 0.3) is 0 Å². The van der Waals surface area contributed by atoms with E-state index in [4.69, 9.17) is 16.6 Å². The Morgan fingerprint density at radius 3 is 3.00 bits per heavy atom. The molecule has 2 heterocycles. The zero-order valence-corrected chi connectivity index (χ0v) is 13.9. The van der Waals surface area contributed by atoms with Crippen molar-refractivity contribution in [2.45, 2.75) is 26.4 Å². The molecule has 22 heavy (non-hydrogen) atoms. The first-order chi connectivity index (χ1) is 10.7. The highest BCUT2D eigenvalue weighted by Crippen LogP contribution is 2.17. The molecule has 0 spiro atoms. The van der Waals surface area contributed by atoms with Crippen molar-refractivity contribution in [2.24, 2.45) is 4.99 Å². The fraction of sp³-hybridized carbons (Fsp3) is 0.250. The second kappa shape index (κ2) is 6.94. The van der Waals surface area contributed by atoms with Gasteiger partial charge in [0.05, 0.1) is 12.0 Å². The molecule has 0 saturated heterocycles. The third-order valence-corrected chi connectivity index (χ3v) is 4.60. The number of nitrogens with zero attached hydrogens (tertiary/aromatic N) is 4. The fourth-order valence-corrected chi connectivity index (χ4v) is 3.37. The minimum atomic E-state index is 0.709. The topological polar surface area (TPSA) is 35.1 Å². The minimum absolute atomic E-state index is 0.709. The zero-order chi connectivity index (χ0) is 15.4. The highest BCUT2D eigenvalue weighted by molar-refractivity contribution is 7.07. The van der Waals surface area contributed by atoms with Crippen LogP contribution in [0.4, 0.5) is 5.69 Å². The Bertz CT molecular complexity index is 802. The molecule has 0 aliphatic carbocycles. The maximum absolute atomic E-state index is 6.02. The van der Waals surface area contributed by atoms with E-state index in [0.717, 1.165) is 30.0 Å². The quantitative estimate of drug-likeness (QED) is 0.694. The smallest absolute Gasteiger partial charge is 0.190 e. The Balaban J connectivity index is 1.78. The van der Waals surface area contributed by atoms with Crippen molar-refractivity contribution in [2.75, 3.05) is 0 Å². The van der Waals surface area contributed by atoms with Crippen LogP contribution in [0.15, 0.2) is 53.4 Å². The molecule has 0 unspecified atom stereocenters. The van der Waals surface area contributed by atoms with Crippen molar-refractivity contribution >= 4 is 28.6 Å². The van der Waals surface area contributed by atoms with Crippen LogP contribution >= 0.6 is 22.9 Å². The summed E-state index contributed by atoms with van der Waals surface area (Å²) in [5.74, 6) is 0. The lowest BCUT2D eigenvalue weighted by Gasteiger charge is -2.06. The molecule has 0 N–H and O–H groups in total. The lowest BCUT2D eigenvalue weighted by molar-refractivity contribution is 0.548. The fourth-order valence-electron chi connectivity index (χ4n) is 2.26. The minimum Gasteiger partial charge on any atom is -0.337 e. The van der Waals surface area contributed by atoms with E-state index in [1.54, 1.807) is 11.3 Å². The average Bonchev–Trinajstić information content (AvgIpc) is 3.12. The summed E-state index contributed by atoms with van der Waals surface area (Å²) in [4.78, 5) is 9.79. The number of rotatable bonds is 5. The van der Waals surface area contributed by atoms with Crippen molar-refractivity contribution in [1.29, 1.82) is 0 Å². The van der Waals surface area contributed by atoms with Crippen LogP contribution in [-0.2, 0) is 13.1 Å². The Hall–Kier alpha value is -1.85. The predicted octanol–water partition coefficient (Wildman–Crippen LogP) is 4.03. The van der Waals surface area contributed by atoms with Gasteiger partial charge in [0.1, 0.15) is 0 Å². The molecule has 0 amide bonds. The van der Waals surface area contributed by atoms with E-state index in [9.17, 15) is 0 Å². The highest BCUT2D eigenvalue weighted by atomic mass is 35.5. The second-order valence-corrected chi connectivity index (χ2v) is 6.33. The number of imidazole rings is 1. The number of hydrogen-bond acceptors (Lipinski definition) is 3. The molecule has 6 heteroatoms. The van der Waals surface area contributed by atoms with Crippen molar-refractivity contribution in [1.82, 2.24) is 14.1 Å². The SMILES string of the molecule is Cc1csc(=Nc2cccc(Cl)c2)n1CCCn1ccnc1. The number of thiazole rings is 1. The Labute approximate surface area is 138 Å². The van der Waals surface area contributed by atoms with E-state index in [-0.39, 0.29) is 0 Å². The van der Waals surface area contributed by atoms with Crippen molar-refractivity contribution in [3.63, 3.8) is 0 Å². The lowest BCUT2D eigenvalue weighted by Crippen LogP contribution is -2.17. The molecule has 4 nitrogen and oxygen atoms in total. The summed E-state index contributed by atoms with van der Waals surface area (Å²) in [6.07, 6.45) is 6.68. The lowest BCUT2D eigenvalue weighted by atomic mass is 10.3. The van der Waals surface area contributed by atoms with Crippen molar-refractivity contribution < 1.29 is 0 Å². The summed E-state index contributed by atoms with van der Waals surface area (Å²) in [6, 6.07) is 7.63. The van der Waals surface area contributed by atoms with Gasteiger partial charge >= 0.3 is 0 Å². The normalized spacial score (nSPS) is 12.0. The summed E-state index contributed by atoms with van der Waals surface area (Å²) in [5, 5.41) is 2.85. The van der Waals surface area contributed by atoms with Gasteiger partial charge in [0.15, 0.2) is 4.80 Å². The monoisotopic (exact) mass is 332 g/mol. The van der Waals surface area contributed by atoms with E-state index in [1.807, 2.05) is 43.0 Å². The van der Waals surface area contributed by atoms with Crippen LogP contribution in [0, 0.1) is 6.92 Å². The maximum Gasteiger partial charge on any atom is 0.190 e. The van der Waals surface area contributed by atoms with Crippen LogP contribution < -0.4 is 4.80 Å². The zero-order valence-electron chi connectivity index (χ0n) is 12.3. The van der Waals surface area contributed by atoms with Crippen LogP contribution in [0.1, 0.15) is 12.1 Å². The number of aryl methyl sites for hydroxylation is 2. The molecule has 0 radical (unpaired) electrons. The molecule has 0 saturated carbocycles. The molecule has 0 atom stereocenters. The third kappa shape index (κ3) is 3.67. The Morgan fingerprint density at radius 2 is 2.23 bits per heavy atom. The Morgan fingerprint density at radius 1 is 1.32 bits per heavy atom. The van der Waals surface area contributed by atoms with Gasteiger partial charge in [0, 0.05) is 41.6 Å². The van der Waals surface area contributed by atoms with Crippen LogP contribution in [0.25, 0.3) is 0 Å². The highest BCUT2D eigenvalue weighted by Gasteiger charge is 2.02. The number of benzene rings is 1.